The number of hydrogen-bond acceptors (Lipinski definition) is 6. The second-order valence-corrected chi connectivity index (χ2v) is 5.76. The molecular weight excluding hydrogens is 370 g/mol. The van der Waals surface area contributed by atoms with Gasteiger partial charge in [0, 0.05) is 11.1 Å². The summed E-state index contributed by atoms with van der Waals surface area (Å²) in [5.74, 6) is -0.994. The van der Waals surface area contributed by atoms with Crippen molar-refractivity contribution in [2.45, 2.75) is 0 Å². The topological polar surface area (TPSA) is 114 Å². The van der Waals surface area contributed by atoms with Gasteiger partial charge in [0.2, 0.25) is 0 Å². The molecule has 1 fully saturated rings. The molecule has 2 heterocycles. The van der Waals surface area contributed by atoms with Gasteiger partial charge in [0.15, 0.2) is 5.11 Å². The Kier molecular flexibility index (Phi) is 4.34. The molecule has 126 valence electrons. The van der Waals surface area contributed by atoms with Crippen LogP contribution in [0.5, 0.6) is 0 Å². The van der Waals surface area contributed by atoms with Crippen LogP contribution in [0.15, 0.2) is 40.3 Å². The quantitative estimate of drug-likeness (QED) is 0.279. The average molecular weight is 378 g/mol. The van der Waals surface area contributed by atoms with Crippen LogP contribution in [0.25, 0.3) is 17.4 Å². The van der Waals surface area contributed by atoms with Crippen LogP contribution in [0.3, 0.4) is 0 Å². The molecule has 1 aliphatic rings. The van der Waals surface area contributed by atoms with Gasteiger partial charge in [-0.25, -0.2) is 0 Å². The first-order valence-electron chi connectivity index (χ1n) is 6.77. The van der Waals surface area contributed by atoms with Gasteiger partial charge in [-0.2, -0.15) is 0 Å². The van der Waals surface area contributed by atoms with Gasteiger partial charge < -0.3 is 4.42 Å². The molecule has 8 nitrogen and oxygen atoms in total. The molecule has 0 aliphatic carbocycles. The van der Waals surface area contributed by atoms with Crippen molar-refractivity contribution in [2.24, 2.45) is 0 Å². The van der Waals surface area contributed by atoms with Crippen LogP contribution in [0.2, 0.25) is 5.02 Å². The van der Waals surface area contributed by atoms with E-state index in [2.05, 4.69) is 10.6 Å². The number of nitro groups is 1. The minimum absolute atomic E-state index is 0.0816. The number of benzene rings is 1. The zero-order valence-corrected chi connectivity index (χ0v) is 13.8. The molecule has 2 N–H and O–H groups in total. The smallest absolute Gasteiger partial charge is 0.280 e. The molecule has 3 rings (SSSR count). The molecule has 10 heteroatoms. The molecule has 1 aromatic heterocycles. The highest BCUT2D eigenvalue weighted by molar-refractivity contribution is 7.80. The van der Waals surface area contributed by atoms with Crippen molar-refractivity contribution in [3.05, 3.63) is 56.8 Å². The number of rotatable bonds is 3. The Labute approximate surface area is 150 Å². The number of halogens is 1. The zero-order valence-electron chi connectivity index (χ0n) is 12.2. The Bertz CT molecular complexity index is 944. The van der Waals surface area contributed by atoms with Crippen LogP contribution < -0.4 is 10.6 Å². The number of nitrogens with one attached hydrogen (secondary N) is 2. The molecule has 25 heavy (non-hydrogen) atoms. The maximum Gasteiger partial charge on any atom is 0.280 e. The van der Waals surface area contributed by atoms with Gasteiger partial charge in [0.05, 0.1) is 10.5 Å². The van der Waals surface area contributed by atoms with Gasteiger partial charge >= 0.3 is 0 Å². The van der Waals surface area contributed by atoms with Gasteiger partial charge in [-0.15, -0.1) is 0 Å². The van der Waals surface area contributed by atoms with E-state index in [0.717, 1.165) is 0 Å². The highest BCUT2D eigenvalue weighted by Gasteiger charge is 2.26. The molecule has 1 saturated heterocycles. The van der Waals surface area contributed by atoms with E-state index < -0.39 is 16.7 Å². The predicted molar refractivity (Wildman–Crippen MR) is 92.7 cm³/mol. The van der Waals surface area contributed by atoms with Crippen molar-refractivity contribution in [3.8, 4) is 11.3 Å². The van der Waals surface area contributed by atoms with E-state index in [-0.39, 0.29) is 33.5 Å². The summed E-state index contributed by atoms with van der Waals surface area (Å²) in [5.41, 5.74) is -0.201. The molecule has 0 atom stereocenters. The molecule has 0 saturated carbocycles. The summed E-state index contributed by atoms with van der Waals surface area (Å²) in [4.78, 5) is 34.2. The highest BCUT2D eigenvalue weighted by atomic mass is 35.5. The first kappa shape index (κ1) is 16.8. The van der Waals surface area contributed by atoms with Crippen molar-refractivity contribution < 1.29 is 18.9 Å². The Balaban J connectivity index is 1.99. The van der Waals surface area contributed by atoms with E-state index in [0.29, 0.717) is 5.02 Å². The molecule has 0 spiro atoms. The SMILES string of the molecule is O=C1NC(=S)NC(=O)C1=Cc1ccc(-c2cc(Cl)ccc2[N+](=O)[O-])o1. The number of hydrogen-bond donors (Lipinski definition) is 2. The van der Waals surface area contributed by atoms with E-state index in [4.69, 9.17) is 28.2 Å². The van der Waals surface area contributed by atoms with E-state index in [1.165, 1.54) is 36.4 Å². The number of thiocarbonyl (C=S) groups is 1. The van der Waals surface area contributed by atoms with E-state index in [1.54, 1.807) is 0 Å². The number of nitrogens with zero attached hydrogens (tertiary/aromatic N) is 1. The minimum Gasteiger partial charge on any atom is -0.456 e. The average Bonchev–Trinajstić information content (AvgIpc) is 2.99. The predicted octanol–water partition coefficient (Wildman–Crippen LogP) is 2.42. The lowest BCUT2D eigenvalue weighted by Crippen LogP contribution is -2.51. The maximum absolute atomic E-state index is 11.8. The number of carbonyl (C=O) groups excluding carboxylic acids is 2. The molecule has 2 amide bonds. The van der Waals surface area contributed by atoms with E-state index in [1.807, 2.05) is 0 Å². The molecule has 2 aromatic rings. The van der Waals surface area contributed by atoms with Gasteiger partial charge in [-0.05, 0) is 42.6 Å². The summed E-state index contributed by atoms with van der Waals surface area (Å²) in [7, 11) is 0. The lowest BCUT2D eigenvalue weighted by Gasteiger charge is -2.15. The van der Waals surface area contributed by atoms with Crippen LogP contribution in [0.1, 0.15) is 5.76 Å². The standard InChI is InChI=1S/C15H8ClN3O5S/c16-7-1-3-11(19(22)23)9(5-7)12-4-2-8(24-12)6-10-13(20)17-15(25)18-14(10)21/h1-6H,(H2,17,18,20,21,25). The largest absolute Gasteiger partial charge is 0.456 e. The van der Waals surface area contributed by atoms with Gasteiger partial charge in [-0.1, -0.05) is 11.6 Å². The number of carbonyl (C=O) groups is 2. The van der Waals surface area contributed by atoms with Crippen LogP contribution in [-0.4, -0.2) is 21.9 Å². The lowest BCUT2D eigenvalue weighted by molar-refractivity contribution is -0.384. The van der Waals surface area contributed by atoms with Crippen molar-refractivity contribution in [2.75, 3.05) is 0 Å². The second kappa shape index (κ2) is 6.46. The summed E-state index contributed by atoms with van der Waals surface area (Å²) in [6.07, 6.45) is 1.21. The normalized spacial score (nSPS) is 14.1. The Morgan fingerprint density at radius 1 is 1.16 bits per heavy atom. The molecule has 0 radical (unpaired) electrons. The number of amides is 2. The van der Waals surface area contributed by atoms with Gasteiger partial charge in [-0.3, -0.25) is 30.3 Å². The van der Waals surface area contributed by atoms with E-state index >= 15 is 0 Å². The highest BCUT2D eigenvalue weighted by Crippen LogP contribution is 2.33. The lowest BCUT2D eigenvalue weighted by atomic mass is 10.1. The third-order valence-electron chi connectivity index (χ3n) is 3.28. The summed E-state index contributed by atoms with van der Waals surface area (Å²) in [5, 5.41) is 15.9. The zero-order chi connectivity index (χ0) is 18.1. The fourth-order valence-corrected chi connectivity index (χ4v) is 2.55. The third kappa shape index (κ3) is 3.42. The Morgan fingerprint density at radius 3 is 2.48 bits per heavy atom. The number of nitro benzene ring substituents is 1. The van der Waals surface area contributed by atoms with Crippen molar-refractivity contribution >= 4 is 52.5 Å². The van der Waals surface area contributed by atoms with Gasteiger partial charge in [0.1, 0.15) is 17.1 Å². The summed E-state index contributed by atoms with van der Waals surface area (Å²) >= 11 is 10.6. The molecule has 1 aliphatic heterocycles. The van der Waals surface area contributed by atoms with Crippen molar-refractivity contribution in [1.29, 1.82) is 0 Å². The molecule has 0 unspecified atom stereocenters. The number of furan rings is 1. The van der Waals surface area contributed by atoms with Crippen LogP contribution >= 0.6 is 23.8 Å². The first-order valence-corrected chi connectivity index (χ1v) is 7.56. The van der Waals surface area contributed by atoms with Crippen LogP contribution in [-0.2, 0) is 9.59 Å². The second-order valence-electron chi connectivity index (χ2n) is 4.92. The summed E-state index contributed by atoms with van der Waals surface area (Å²) < 4.78 is 5.51. The summed E-state index contributed by atoms with van der Waals surface area (Å²) in [6.45, 7) is 0. The van der Waals surface area contributed by atoms with E-state index in [9.17, 15) is 19.7 Å². The molecule has 1 aromatic carbocycles. The Hall–Kier alpha value is -3.04. The van der Waals surface area contributed by atoms with Crippen LogP contribution in [0, 0.1) is 10.1 Å². The Morgan fingerprint density at radius 2 is 1.84 bits per heavy atom. The molecule has 0 bridgehead atoms. The monoisotopic (exact) mass is 377 g/mol. The third-order valence-corrected chi connectivity index (χ3v) is 3.72. The first-order chi connectivity index (χ1) is 11.8. The fourth-order valence-electron chi connectivity index (χ4n) is 2.19. The van der Waals surface area contributed by atoms with Crippen LogP contribution in [0.4, 0.5) is 5.69 Å². The van der Waals surface area contributed by atoms with Gasteiger partial charge in [0.25, 0.3) is 17.5 Å². The van der Waals surface area contributed by atoms with Crippen molar-refractivity contribution in [1.82, 2.24) is 10.6 Å². The minimum atomic E-state index is -0.666. The maximum atomic E-state index is 11.8. The van der Waals surface area contributed by atoms with Crippen molar-refractivity contribution in [3.63, 3.8) is 0 Å². The molecular formula is C15H8ClN3O5S. The fraction of sp³-hybridized carbons (Fsp3) is 0. The summed E-state index contributed by atoms with van der Waals surface area (Å²) in [6, 6.07) is 7.01.